The second kappa shape index (κ2) is 6.48. The molecule has 1 aliphatic carbocycles. The fourth-order valence-electron chi connectivity index (χ4n) is 3.41. The second-order valence-corrected chi connectivity index (χ2v) is 6.06. The summed E-state index contributed by atoms with van der Waals surface area (Å²) in [6, 6.07) is 8.70. The molecule has 4 heteroatoms. The molecule has 114 valence electrons. The molecule has 21 heavy (non-hydrogen) atoms. The number of nitrogens with zero attached hydrogens (tertiary/aromatic N) is 1. The highest BCUT2D eigenvalue weighted by Gasteiger charge is 2.23. The third-order valence-corrected chi connectivity index (χ3v) is 4.56. The van der Waals surface area contributed by atoms with Crippen molar-refractivity contribution in [1.82, 2.24) is 0 Å². The van der Waals surface area contributed by atoms with Crippen molar-refractivity contribution in [3.63, 3.8) is 0 Å². The van der Waals surface area contributed by atoms with Crippen molar-refractivity contribution in [1.29, 1.82) is 0 Å². The van der Waals surface area contributed by atoms with Gasteiger partial charge >= 0.3 is 0 Å². The summed E-state index contributed by atoms with van der Waals surface area (Å²) in [5.41, 5.74) is 2.12. The molecule has 1 N–H and O–H groups in total. The monoisotopic (exact) mass is 288 g/mol. The average molecular weight is 288 g/mol. The number of rotatable bonds is 4. The number of ether oxygens (including phenoxy) is 1. The van der Waals surface area contributed by atoms with Crippen molar-refractivity contribution in [2.24, 2.45) is 0 Å². The first kappa shape index (κ1) is 14.4. The molecule has 1 heterocycles. The summed E-state index contributed by atoms with van der Waals surface area (Å²) in [5, 5.41) is 3.61. The lowest BCUT2D eigenvalue weighted by molar-refractivity contribution is -0.117. The Morgan fingerprint density at radius 1 is 1.29 bits per heavy atom. The lowest BCUT2D eigenvalue weighted by atomic mass is 9.92. The topological polar surface area (TPSA) is 41.6 Å². The summed E-state index contributed by atoms with van der Waals surface area (Å²) < 4.78 is 5.49. The Bertz CT molecular complexity index is 503. The molecule has 2 atom stereocenters. The lowest BCUT2D eigenvalue weighted by Crippen LogP contribution is -2.31. The van der Waals surface area contributed by atoms with Gasteiger partial charge in [-0.25, -0.2) is 0 Å². The lowest BCUT2D eigenvalue weighted by Gasteiger charge is -2.29. The van der Waals surface area contributed by atoms with Crippen LogP contribution in [0, 0.1) is 0 Å². The Balaban J connectivity index is 1.67. The summed E-state index contributed by atoms with van der Waals surface area (Å²) in [5.74, 6) is 0.240. The smallest absolute Gasteiger partial charge is 0.227 e. The van der Waals surface area contributed by atoms with Gasteiger partial charge in [0.05, 0.1) is 6.10 Å². The van der Waals surface area contributed by atoms with Crippen LogP contribution in [0.5, 0.6) is 0 Å². The van der Waals surface area contributed by atoms with E-state index in [2.05, 4.69) is 17.4 Å². The van der Waals surface area contributed by atoms with E-state index >= 15 is 0 Å². The average Bonchev–Trinajstić information content (AvgIpc) is 2.94. The van der Waals surface area contributed by atoms with Crippen LogP contribution < -0.4 is 10.2 Å². The van der Waals surface area contributed by atoms with E-state index in [0.717, 1.165) is 37.2 Å². The molecular formula is C17H24N2O2. The predicted molar refractivity (Wildman–Crippen MR) is 84.7 cm³/mol. The second-order valence-electron chi connectivity index (χ2n) is 6.06. The molecule has 1 aromatic rings. The number of carbonyl (C=O) groups is 1. The summed E-state index contributed by atoms with van der Waals surface area (Å²) in [6.07, 6.45) is 6.64. The molecule has 3 rings (SSSR count). The van der Waals surface area contributed by atoms with E-state index in [9.17, 15) is 4.79 Å². The normalized spacial score (nSPS) is 26.1. The Hall–Kier alpha value is -1.55. The van der Waals surface area contributed by atoms with Gasteiger partial charge in [-0.2, -0.15) is 0 Å². The van der Waals surface area contributed by atoms with Crippen LogP contribution in [0.4, 0.5) is 11.4 Å². The number of anilines is 2. The van der Waals surface area contributed by atoms with E-state index in [-0.39, 0.29) is 5.91 Å². The van der Waals surface area contributed by atoms with Gasteiger partial charge in [0.2, 0.25) is 5.91 Å². The summed E-state index contributed by atoms with van der Waals surface area (Å²) in [4.78, 5) is 13.7. The van der Waals surface area contributed by atoms with Gasteiger partial charge in [0.1, 0.15) is 0 Å². The first-order valence-electron chi connectivity index (χ1n) is 7.96. The molecule has 0 spiro atoms. The van der Waals surface area contributed by atoms with Crippen LogP contribution in [0.1, 0.15) is 38.5 Å². The molecule has 2 fully saturated rings. The molecule has 1 saturated carbocycles. The highest BCUT2D eigenvalue weighted by atomic mass is 16.5. The minimum absolute atomic E-state index is 0.240. The summed E-state index contributed by atoms with van der Waals surface area (Å²) in [6.45, 7) is 0.845. The standard InChI is InChI=1S/C17H24N2O2/c1-21-16-8-3-6-14(12-16)18-13-5-2-7-15(11-13)19-10-4-9-17(19)20/h2,5,7,11,14,16,18H,3-4,6,8-10,12H2,1H3. The van der Waals surface area contributed by atoms with Gasteiger partial charge in [0.15, 0.2) is 0 Å². The molecule has 1 amide bonds. The maximum atomic E-state index is 11.8. The van der Waals surface area contributed by atoms with Crippen LogP contribution in [0.15, 0.2) is 24.3 Å². The third-order valence-electron chi connectivity index (χ3n) is 4.56. The fourth-order valence-corrected chi connectivity index (χ4v) is 3.41. The third kappa shape index (κ3) is 3.38. The number of amides is 1. The van der Waals surface area contributed by atoms with E-state index in [4.69, 9.17) is 4.74 Å². The number of hydrogen-bond acceptors (Lipinski definition) is 3. The van der Waals surface area contributed by atoms with Gasteiger partial charge in [0.25, 0.3) is 0 Å². The fraction of sp³-hybridized carbons (Fsp3) is 0.588. The SMILES string of the molecule is COC1CCCC(Nc2cccc(N3CCCC3=O)c2)C1. The number of nitrogens with one attached hydrogen (secondary N) is 1. The van der Waals surface area contributed by atoms with Crippen molar-refractivity contribution in [3.05, 3.63) is 24.3 Å². The van der Waals surface area contributed by atoms with Crippen LogP contribution >= 0.6 is 0 Å². The van der Waals surface area contributed by atoms with Crippen molar-refractivity contribution < 1.29 is 9.53 Å². The number of methoxy groups -OCH3 is 1. The quantitative estimate of drug-likeness (QED) is 0.925. The molecule has 0 radical (unpaired) electrons. The summed E-state index contributed by atoms with van der Waals surface area (Å²) >= 11 is 0. The van der Waals surface area contributed by atoms with Crippen LogP contribution in [0.3, 0.4) is 0 Å². The number of benzene rings is 1. The Labute approximate surface area is 126 Å². The maximum Gasteiger partial charge on any atom is 0.227 e. The van der Waals surface area contributed by atoms with Gasteiger partial charge in [-0.3, -0.25) is 4.79 Å². The molecular weight excluding hydrogens is 264 g/mol. The van der Waals surface area contributed by atoms with Crippen LogP contribution in [0.2, 0.25) is 0 Å². The van der Waals surface area contributed by atoms with Gasteiger partial charge < -0.3 is 15.0 Å². The van der Waals surface area contributed by atoms with E-state index < -0.39 is 0 Å². The summed E-state index contributed by atoms with van der Waals surface area (Å²) in [7, 11) is 1.80. The molecule has 1 saturated heterocycles. The zero-order valence-electron chi connectivity index (χ0n) is 12.7. The number of hydrogen-bond donors (Lipinski definition) is 1. The van der Waals surface area contributed by atoms with Gasteiger partial charge in [0, 0.05) is 37.5 Å². The molecule has 0 bridgehead atoms. The zero-order valence-corrected chi connectivity index (χ0v) is 12.7. The Morgan fingerprint density at radius 3 is 2.95 bits per heavy atom. The molecule has 2 aliphatic rings. The van der Waals surface area contributed by atoms with Crippen LogP contribution in [-0.2, 0) is 9.53 Å². The van der Waals surface area contributed by atoms with E-state index in [0.29, 0.717) is 18.6 Å². The van der Waals surface area contributed by atoms with E-state index in [1.54, 1.807) is 7.11 Å². The largest absolute Gasteiger partial charge is 0.382 e. The van der Waals surface area contributed by atoms with E-state index in [1.807, 2.05) is 17.0 Å². The number of carbonyl (C=O) groups excluding carboxylic acids is 1. The van der Waals surface area contributed by atoms with Gasteiger partial charge in [-0.1, -0.05) is 6.07 Å². The highest BCUT2D eigenvalue weighted by Crippen LogP contribution is 2.27. The molecule has 1 aromatic carbocycles. The van der Waals surface area contributed by atoms with Gasteiger partial charge in [-0.05, 0) is 50.3 Å². The van der Waals surface area contributed by atoms with Crippen molar-refractivity contribution >= 4 is 17.3 Å². The molecule has 4 nitrogen and oxygen atoms in total. The minimum Gasteiger partial charge on any atom is -0.382 e. The molecule has 0 aromatic heterocycles. The van der Waals surface area contributed by atoms with Crippen LogP contribution in [0.25, 0.3) is 0 Å². The highest BCUT2D eigenvalue weighted by molar-refractivity contribution is 5.95. The van der Waals surface area contributed by atoms with Crippen molar-refractivity contribution in [2.45, 2.75) is 50.7 Å². The predicted octanol–water partition coefficient (Wildman–Crippen LogP) is 3.18. The van der Waals surface area contributed by atoms with Crippen molar-refractivity contribution in [2.75, 3.05) is 23.9 Å². The van der Waals surface area contributed by atoms with Crippen molar-refractivity contribution in [3.8, 4) is 0 Å². The first-order chi connectivity index (χ1) is 10.3. The zero-order chi connectivity index (χ0) is 14.7. The maximum absolute atomic E-state index is 11.8. The van der Waals surface area contributed by atoms with Crippen LogP contribution in [-0.4, -0.2) is 31.7 Å². The Kier molecular flexibility index (Phi) is 4.44. The molecule has 1 aliphatic heterocycles. The minimum atomic E-state index is 0.240. The molecule has 2 unspecified atom stereocenters. The first-order valence-corrected chi connectivity index (χ1v) is 7.96. The van der Waals surface area contributed by atoms with E-state index in [1.165, 1.54) is 12.8 Å². The Morgan fingerprint density at radius 2 is 2.19 bits per heavy atom. The van der Waals surface area contributed by atoms with Gasteiger partial charge in [-0.15, -0.1) is 0 Å².